The van der Waals surface area contributed by atoms with Crippen molar-refractivity contribution in [1.29, 1.82) is 0 Å². The maximum Gasteiger partial charge on any atom is 0.225 e. The molecule has 2 aliphatic rings. The molecule has 2 fully saturated rings. The van der Waals surface area contributed by atoms with Crippen LogP contribution in [0, 0.1) is 12.8 Å². The quantitative estimate of drug-likeness (QED) is 0.827. The Morgan fingerprint density at radius 2 is 1.90 bits per heavy atom. The van der Waals surface area contributed by atoms with Gasteiger partial charge in [-0.05, 0) is 43.5 Å². The third kappa shape index (κ3) is 2.71. The van der Waals surface area contributed by atoms with E-state index < -0.39 is 0 Å². The van der Waals surface area contributed by atoms with E-state index in [2.05, 4.69) is 50.9 Å². The standard InChI is InChI=1S/C16H21BrN2O/c1-12-11-14(5-6-15(12)17)18-7-9-19(10-8-18)16(20)13-3-2-4-13/h5-6,11,13H,2-4,7-10H2,1H3. The van der Waals surface area contributed by atoms with Crippen LogP contribution in [0.3, 0.4) is 0 Å². The van der Waals surface area contributed by atoms with Gasteiger partial charge in [0, 0.05) is 42.3 Å². The lowest BCUT2D eigenvalue weighted by Crippen LogP contribution is -2.51. The van der Waals surface area contributed by atoms with E-state index in [0.717, 1.165) is 43.5 Å². The van der Waals surface area contributed by atoms with Gasteiger partial charge >= 0.3 is 0 Å². The molecule has 0 bridgehead atoms. The summed E-state index contributed by atoms with van der Waals surface area (Å²) < 4.78 is 1.15. The fourth-order valence-corrected chi connectivity index (χ4v) is 3.17. The van der Waals surface area contributed by atoms with Crippen LogP contribution in [0.2, 0.25) is 0 Å². The second-order valence-corrected chi connectivity index (χ2v) is 6.73. The highest BCUT2D eigenvalue weighted by molar-refractivity contribution is 9.10. The summed E-state index contributed by atoms with van der Waals surface area (Å²) in [5.41, 5.74) is 2.52. The van der Waals surface area contributed by atoms with Crippen LogP contribution in [-0.4, -0.2) is 37.0 Å². The van der Waals surface area contributed by atoms with Crippen LogP contribution < -0.4 is 4.90 Å². The Kier molecular flexibility index (Phi) is 4.01. The summed E-state index contributed by atoms with van der Waals surface area (Å²) in [5, 5.41) is 0. The Balaban J connectivity index is 1.60. The third-order valence-corrected chi connectivity index (χ3v) is 5.44. The molecule has 1 heterocycles. The molecule has 1 saturated carbocycles. The molecule has 1 amide bonds. The molecule has 0 unspecified atom stereocenters. The molecule has 1 aliphatic heterocycles. The molecule has 4 heteroatoms. The van der Waals surface area contributed by atoms with Crippen LogP contribution in [0.1, 0.15) is 24.8 Å². The Bertz CT molecular complexity index is 505. The molecule has 1 aliphatic carbocycles. The second-order valence-electron chi connectivity index (χ2n) is 5.87. The molecule has 20 heavy (non-hydrogen) atoms. The van der Waals surface area contributed by atoms with E-state index in [9.17, 15) is 4.79 Å². The smallest absolute Gasteiger partial charge is 0.225 e. The van der Waals surface area contributed by atoms with Gasteiger partial charge in [-0.2, -0.15) is 0 Å². The normalized spacial score (nSPS) is 19.9. The first-order valence-corrected chi connectivity index (χ1v) is 8.24. The molecule has 0 aromatic heterocycles. The van der Waals surface area contributed by atoms with Crippen molar-refractivity contribution in [2.75, 3.05) is 31.1 Å². The first-order valence-electron chi connectivity index (χ1n) is 7.45. The topological polar surface area (TPSA) is 23.6 Å². The first kappa shape index (κ1) is 13.9. The predicted octanol–water partition coefficient (Wildman–Crippen LogP) is 3.21. The summed E-state index contributed by atoms with van der Waals surface area (Å²) in [7, 11) is 0. The first-order chi connectivity index (χ1) is 9.65. The summed E-state index contributed by atoms with van der Waals surface area (Å²) in [6.07, 6.45) is 3.43. The van der Waals surface area contributed by atoms with E-state index in [4.69, 9.17) is 0 Å². The van der Waals surface area contributed by atoms with E-state index >= 15 is 0 Å². The molecular formula is C16H21BrN2O. The summed E-state index contributed by atoms with van der Waals surface area (Å²) >= 11 is 3.54. The summed E-state index contributed by atoms with van der Waals surface area (Å²) in [6.45, 7) is 5.73. The van der Waals surface area contributed by atoms with Crippen LogP contribution in [0.15, 0.2) is 22.7 Å². The molecule has 0 radical (unpaired) electrons. The third-order valence-electron chi connectivity index (χ3n) is 4.55. The maximum absolute atomic E-state index is 12.2. The summed E-state index contributed by atoms with van der Waals surface area (Å²) in [6, 6.07) is 6.48. The van der Waals surface area contributed by atoms with Crippen molar-refractivity contribution < 1.29 is 4.79 Å². The number of carbonyl (C=O) groups excluding carboxylic acids is 1. The number of carbonyl (C=O) groups is 1. The minimum absolute atomic E-state index is 0.330. The predicted molar refractivity (Wildman–Crippen MR) is 85.0 cm³/mol. The van der Waals surface area contributed by atoms with Gasteiger partial charge in [0.05, 0.1) is 0 Å². The van der Waals surface area contributed by atoms with Crippen molar-refractivity contribution in [2.24, 2.45) is 5.92 Å². The summed E-state index contributed by atoms with van der Waals surface area (Å²) in [5.74, 6) is 0.722. The number of aryl methyl sites for hydroxylation is 1. The number of amides is 1. The van der Waals surface area contributed by atoms with Crippen LogP contribution in [0.4, 0.5) is 5.69 Å². The van der Waals surface area contributed by atoms with Gasteiger partial charge in [0.1, 0.15) is 0 Å². The van der Waals surface area contributed by atoms with E-state index in [0.29, 0.717) is 11.8 Å². The molecule has 1 saturated heterocycles. The average Bonchev–Trinajstić information content (AvgIpc) is 2.40. The van der Waals surface area contributed by atoms with Gasteiger partial charge in [0.15, 0.2) is 0 Å². The van der Waals surface area contributed by atoms with Crippen molar-refractivity contribution in [1.82, 2.24) is 4.90 Å². The summed E-state index contributed by atoms with van der Waals surface area (Å²) in [4.78, 5) is 16.7. The molecule has 3 nitrogen and oxygen atoms in total. The van der Waals surface area contributed by atoms with Crippen molar-refractivity contribution in [2.45, 2.75) is 26.2 Å². The van der Waals surface area contributed by atoms with E-state index in [-0.39, 0.29) is 0 Å². The Labute approximate surface area is 129 Å². The fourth-order valence-electron chi connectivity index (χ4n) is 2.92. The number of hydrogen-bond donors (Lipinski definition) is 0. The molecule has 3 rings (SSSR count). The zero-order chi connectivity index (χ0) is 14.1. The minimum Gasteiger partial charge on any atom is -0.368 e. The monoisotopic (exact) mass is 336 g/mol. The Hall–Kier alpha value is -1.03. The van der Waals surface area contributed by atoms with Crippen LogP contribution in [0.25, 0.3) is 0 Å². The van der Waals surface area contributed by atoms with Crippen molar-refractivity contribution in [3.63, 3.8) is 0 Å². The zero-order valence-electron chi connectivity index (χ0n) is 11.9. The maximum atomic E-state index is 12.2. The number of hydrogen-bond acceptors (Lipinski definition) is 2. The van der Waals surface area contributed by atoms with Crippen molar-refractivity contribution in [3.05, 3.63) is 28.2 Å². The van der Waals surface area contributed by atoms with E-state index in [1.54, 1.807) is 0 Å². The van der Waals surface area contributed by atoms with Gasteiger partial charge in [0.2, 0.25) is 5.91 Å². The Morgan fingerprint density at radius 3 is 2.45 bits per heavy atom. The van der Waals surface area contributed by atoms with Gasteiger partial charge in [-0.15, -0.1) is 0 Å². The highest BCUT2D eigenvalue weighted by atomic mass is 79.9. The number of rotatable bonds is 2. The number of halogens is 1. The SMILES string of the molecule is Cc1cc(N2CCN(C(=O)C3CCC3)CC2)ccc1Br. The minimum atomic E-state index is 0.330. The highest BCUT2D eigenvalue weighted by Crippen LogP contribution is 2.29. The van der Waals surface area contributed by atoms with Gasteiger partial charge in [0.25, 0.3) is 0 Å². The number of nitrogens with zero attached hydrogens (tertiary/aromatic N) is 2. The largest absolute Gasteiger partial charge is 0.368 e. The molecule has 108 valence electrons. The van der Waals surface area contributed by atoms with Crippen molar-refractivity contribution in [3.8, 4) is 0 Å². The number of benzene rings is 1. The molecule has 0 atom stereocenters. The highest BCUT2D eigenvalue weighted by Gasteiger charge is 2.31. The fraction of sp³-hybridized carbons (Fsp3) is 0.562. The molecule has 0 N–H and O–H groups in total. The average molecular weight is 337 g/mol. The van der Waals surface area contributed by atoms with Gasteiger partial charge in [-0.25, -0.2) is 0 Å². The van der Waals surface area contributed by atoms with Gasteiger partial charge < -0.3 is 9.80 Å². The van der Waals surface area contributed by atoms with Crippen LogP contribution >= 0.6 is 15.9 Å². The molecule has 0 spiro atoms. The van der Waals surface area contributed by atoms with Crippen LogP contribution in [-0.2, 0) is 4.79 Å². The Morgan fingerprint density at radius 1 is 1.20 bits per heavy atom. The zero-order valence-corrected chi connectivity index (χ0v) is 13.5. The van der Waals surface area contributed by atoms with Crippen molar-refractivity contribution >= 4 is 27.5 Å². The molecule has 1 aromatic rings. The lowest BCUT2D eigenvalue weighted by Gasteiger charge is -2.39. The van der Waals surface area contributed by atoms with E-state index in [1.807, 2.05) is 0 Å². The van der Waals surface area contributed by atoms with Gasteiger partial charge in [-0.3, -0.25) is 4.79 Å². The lowest BCUT2D eigenvalue weighted by molar-refractivity contribution is -0.138. The van der Waals surface area contributed by atoms with Gasteiger partial charge in [-0.1, -0.05) is 22.4 Å². The number of piperazine rings is 1. The molecule has 1 aromatic carbocycles. The number of anilines is 1. The molecular weight excluding hydrogens is 316 g/mol. The van der Waals surface area contributed by atoms with Crippen LogP contribution in [0.5, 0.6) is 0 Å². The lowest BCUT2D eigenvalue weighted by atomic mass is 9.84. The van der Waals surface area contributed by atoms with E-state index in [1.165, 1.54) is 17.7 Å². The second kappa shape index (κ2) is 5.76.